The first-order valence-corrected chi connectivity index (χ1v) is 14.8. The molecule has 2 aliphatic rings. The molecule has 36 heavy (non-hydrogen) atoms. The number of sulfonamides is 1. The van der Waals surface area contributed by atoms with Crippen LogP contribution in [0.2, 0.25) is 0 Å². The number of nitriles is 1. The lowest BCUT2D eigenvalue weighted by Gasteiger charge is -2.23. The lowest BCUT2D eigenvalue weighted by atomic mass is 9.94. The van der Waals surface area contributed by atoms with Crippen molar-refractivity contribution in [2.45, 2.75) is 49.1 Å². The largest absolute Gasteiger partial charge is 0.325 e. The molecule has 3 N–H and O–H groups in total. The third-order valence-corrected chi connectivity index (χ3v) is 7.59. The Bertz CT molecular complexity index is 1340. The Kier molecular flexibility index (Phi) is 8.73. The first-order valence-electron chi connectivity index (χ1n) is 11.4. The molecule has 0 aliphatic carbocycles. The number of para-hydroxylation sites is 1. The number of likely N-dealkylation sites (tertiary alicyclic amines) is 1. The maximum Gasteiger partial charge on any atom is 0.294 e. The molecule has 2 aromatic rings. The summed E-state index contributed by atoms with van der Waals surface area (Å²) in [6.45, 7) is 3.07. The number of benzene rings is 2. The lowest BCUT2D eigenvalue weighted by molar-refractivity contribution is -0.133. The summed E-state index contributed by atoms with van der Waals surface area (Å²) < 4.78 is 55.2. The molecule has 2 heterocycles. The van der Waals surface area contributed by atoms with Gasteiger partial charge in [-0.1, -0.05) is 35.9 Å². The fourth-order valence-corrected chi connectivity index (χ4v) is 5.45. The van der Waals surface area contributed by atoms with E-state index in [1.807, 2.05) is 19.1 Å². The molecule has 10 nitrogen and oxygen atoms in total. The number of nitrogens with zero attached hydrogens (tertiary/aromatic N) is 2. The Morgan fingerprint density at radius 3 is 2.42 bits per heavy atom. The number of rotatable bonds is 5. The number of hydrogen-bond donors (Lipinski definition) is 3. The van der Waals surface area contributed by atoms with Gasteiger partial charge in [0.1, 0.15) is 6.04 Å². The number of anilines is 1. The van der Waals surface area contributed by atoms with Gasteiger partial charge >= 0.3 is 0 Å². The van der Waals surface area contributed by atoms with E-state index in [4.69, 9.17) is 4.55 Å². The summed E-state index contributed by atoms with van der Waals surface area (Å²) in [5.74, 6) is 0.0163. The van der Waals surface area contributed by atoms with E-state index in [2.05, 4.69) is 16.1 Å². The molecule has 0 bridgehead atoms. The minimum absolute atomic E-state index is 0.0277. The van der Waals surface area contributed by atoms with Gasteiger partial charge in [0.05, 0.1) is 28.9 Å². The minimum Gasteiger partial charge on any atom is -0.325 e. The van der Waals surface area contributed by atoms with Gasteiger partial charge in [0, 0.05) is 19.0 Å². The first-order chi connectivity index (χ1) is 16.9. The van der Waals surface area contributed by atoms with Crippen LogP contribution in [0, 0.1) is 18.3 Å². The van der Waals surface area contributed by atoms with Crippen molar-refractivity contribution in [3.05, 3.63) is 59.7 Å². The van der Waals surface area contributed by atoms with Crippen molar-refractivity contribution in [3.63, 3.8) is 0 Å². The van der Waals surface area contributed by atoms with E-state index in [-0.39, 0.29) is 28.8 Å². The normalized spacial score (nSPS) is 21.8. The number of nitrogens with one attached hydrogen (secondary N) is 2. The van der Waals surface area contributed by atoms with Crippen LogP contribution in [0.3, 0.4) is 0 Å². The molecule has 0 radical (unpaired) electrons. The van der Waals surface area contributed by atoms with Crippen LogP contribution in [0.5, 0.6) is 0 Å². The summed E-state index contributed by atoms with van der Waals surface area (Å²) in [5, 5.41) is 12.4. The van der Waals surface area contributed by atoms with Crippen molar-refractivity contribution in [2.75, 3.05) is 24.1 Å². The minimum atomic E-state index is -4.02. The molecule has 1 amide bonds. The zero-order valence-electron chi connectivity index (χ0n) is 20.1. The number of hydrogen-bond acceptors (Lipinski definition) is 7. The predicted octanol–water partition coefficient (Wildman–Crippen LogP) is 2.26. The topological polar surface area (TPSA) is 157 Å². The van der Waals surface area contributed by atoms with Gasteiger partial charge in [-0.3, -0.25) is 14.1 Å². The van der Waals surface area contributed by atoms with Crippen molar-refractivity contribution in [1.29, 1.82) is 5.26 Å². The zero-order valence-corrected chi connectivity index (χ0v) is 21.7. The SMILES string of the molecule is CS(=O)(=O)Nc1ccccc1[C@@H]1CN[C@H](C(=O)N2CCC[C@H]2C#N)C1.Cc1ccc(S(=O)(=O)O)cc1. The van der Waals surface area contributed by atoms with Gasteiger partial charge in [0.15, 0.2) is 0 Å². The fraction of sp³-hybridized carbons (Fsp3) is 0.417. The molecule has 2 aliphatic heterocycles. The molecule has 0 spiro atoms. The van der Waals surface area contributed by atoms with Crippen LogP contribution in [-0.4, -0.2) is 63.6 Å². The summed E-state index contributed by atoms with van der Waals surface area (Å²) in [7, 11) is -7.38. The molecule has 2 aromatic carbocycles. The van der Waals surface area contributed by atoms with Crippen molar-refractivity contribution in [2.24, 2.45) is 0 Å². The Morgan fingerprint density at radius 2 is 1.81 bits per heavy atom. The maximum absolute atomic E-state index is 12.7. The van der Waals surface area contributed by atoms with Crippen LogP contribution in [0.25, 0.3) is 0 Å². The third kappa shape index (κ3) is 7.27. The van der Waals surface area contributed by atoms with E-state index in [9.17, 15) is 26.9 Å². The summed E-state index contributed by atoms with van der Waals surface area (Å²) in [6, 6.07) is 14.8. The zero-order chi connectivity index (χ0) is 26.5. The lowest BCUT2D eigenvalue weighted by Crippen LogP contribution is -2.45. The monoisotopic (exact) mass is 534 g/mol. The van der Waals surface area contributed by atoms with Crippen molar-refractivity contribution >= 4 is 31.7 Å². The van der Waals surface area contributed by atoms with Gasteiger partial charge in [-0.2, -0.15) is 13.7 Å². The second-order valence-electron chi connectivity index (χ2n) is 8.96. The number of aryl methyl sites for hydroxylation is 1. The van der Waals surface area contributed by atoms with Gasteiger partial charge in [-0.25, -0.2) is 8.42 Å². The van der Waals surface area contributed by atoms with Crippen molar-refractivity contribution < 1.29 is 26.2 Å². The first kappa shape index (κ1) is 27.6. The van der Waals surface area contributed by atoms with Gasteiger partial charge < -0.3 is 10.2 Å². The number of amides is 1. The Hall–Kier alpha value is -2.98. The van der Waals surface area contributed by atoms with E-state index in [0.717, 1.165) is 30.2 Å². The van der Waals surface area contributed by atoms with Crippen LogP contribution < -0.4 is 10.0 Å². The third-order valence-electron chi connectivity index (χ3n) is 6.13. The van der Waals surface area contributed by atoms with Crippen molar-refractivity contribution in [1.82, 2.24) is 10.2 Å². The summed E-state index contributed by atoms with van der Waals surface area (Å²) >= 11 is 0. The van der Waals surface area contributed by atoms with E-state index >= 15 is 0 Å². The molecule has 0 unspecified atom stereocenters. The van der Waals surface area contributed by atoms with E-state index in [1.165, 1.54) is 12.1 Å². The van der Waals surface area contributed by atoms with Crippen LogP contribution >= 0.6 is 0 Å². The molecule has 2 saturated heterocycles. The van der Waals surface area contributed by atoms with Gasteiger partial charge in [0.2, 0.25) is 15.9 Å². The number of carbonyl (C=O) groups is 1. The second-order valence-corrected chi connectivity index (χ2v) is 12.1. The molecular formula is C24H30N4O6S2. The summed E-state index contributed by atoms with van der Waals surface area (Å²) in [5.41, 5.74) is 2.40. The predicted molar refractivity (Wildman–Crippen MR) is 135 cm³/mol. The Balaban J connectivity index is 0.000000275. The highest BCUT2D eigenvalue weighted by molar-refractivity contribution is 7.92. The van der Waals surface area contributed by atoms with Crippen LogP contribution in [0.4, 0.5) is 5.69 Å². The van der Waals surface area contributed by atoms with Gasteiger partial charge in [-0.05, 0) is 49.9 Å². The quantitative estimate of drug-likeness (QED) is 0.493. The molecule has 4 rings (SSSR count). The van der Waals surface area contributed by atoms with Crippen LogP contribution in [-0.2, 0) is 24.9 Å². The highest BCUT2D eigenvalue weighted by atomic mass is 32.2. The standard InChI is InChI=1S/C17H22N4O3S.C7H8O3S/c1-25(23,24)20-15-7-3-2-6-14(15)12-9-16(19-11-12)17(22)21-8-4-5-13(21)10-18;1-6-2-4-7(5-3-6)11(8,9)10/h2-3,6-7,12-13,16,19-20H,4-5,8-9,11H2,1H3;2-5H,1H3,(H,8,9,10)/t12-,13-,16-;/m0./s1. The van der Waals surface area contributed by atoms with Gasteiger partial charge in [-0.15, -0.1) is 0 Å². The highest BCUT2D eigenvalue weighted by Gasteiger charge is 2.37. The molecule has 2 fully saturated rings. The molecule has 3 atom stereocenters. The summed E-state index contributed by atoms with van der Waals surface area (Å²) in [6.07, 6.45) is 3.31. The molecular weight excluding hydrogens is 504 g/mol. The molecule has 0 aromatic heterocycles. The smallest absolute Gasteiger partial charge is 0.294 e. The average molecular weight is 535 g/mol. The number of carbonyl (C=O) groups excluding carboxylic acids is 1. The van der Waals surface area contributed by atoms with Crippen LogP contribution in [0.1, 0.15) is 36.3 Å². The Labute approximate surface area is 212 Å². The Morgan fingerprint density at radius 1 is 1.14 bits per heavy atom. The van der Waals surface area contributed by atoms with E-state index in [1.54, 1.807) is 29.2 Å². The highest BCUT2D eigenvalue weighted by Crippen LogP contribution is 2.33. The molecule has 0 saturated carbocycles. The average Bonchev–Trinajstić information content (AvgIpc) is 3.48. The summed E-state index contributed by atoms with van der Waals surface area (Å²) in [4.78, 5) is 14.3. The van der Waals surface area contributed by atoms with Crippen LogP contribution in [0.15, 0.2) is 53.4 Å². The maximum atomic E-state index is 12.7. The second kappa shape index (κ2) is 11.4. The van der Waals surface area contributed by atoms with Gasteiger partial charge in [0.25, 0.3) is 10.1 Å². The van der Waals surface area contributed by atoms with E-state index in [0.29, 0.717) is 25.2 Å². The molecule has 194 valence electrons. The fourth-order valence-electron chi connectivity index (χ4n) is 4.38. The molecule has 12 heteroatoms. The van der Waals surface area contributed by atoms with Crippen molar-refractivity contribution in [3.8, 4) is 6.07 Å². The van der Waals surface area contributed by atoms with E-state index < -0.39 is 20.1 Å².